The van der Waals surface area contributed by atoms with E-state index in [9.17, 15) is 4.39 Å². The number of hydrogen-bond donors (Lipinski definition) is 1. The predicted octanol–water partition coefficient (Wildman–Crippen LogP) is 2.32. The van der Waals surface area contributed by atoms with Crippen molar-refractivity contribution < 1.29 is 4.39 Å². The molecule has 0 amide bonds. The van der Waals surface area contributed by atoms with Crippen LogP contribution in [-0.4, -0.2) is 18.9 Å². The molecule has 1 unspecified atom stereocenters. The first kappa shape index (κ1) is 10.1. The monoisotopic (exact) mass is 206 g/mol. The van der Waals surface area contributed by atoms with E-state index in [0.29, 0.717) is 0 Å². The summed E-state index contributed by atoms with van der Waals surface area (Å²) < 4.78 is 13.5. The van der Waals surface area contributed by atoms with Crippen LogP contribution in [0.4, 0.5) is 4.39 Å². The minimum absolute atomic E-state index is 0.122. The van der Waals surface area contributed by atoms with Gasteiger partial charge in [0.2, 0.25) is 0 Å². The summed E-state index contributed by atoms with van der Waals surface area (Å²) in [6.45, 7) is 3.79. The van der Waals surface area contributed by atoms with E-state index in [1.165, 1.54) is 6.07 Å². The van der Waals surface area contributed by atoms with Crippen molar-refractivity contribution in [2.45, 2.75) is 19.3 Å². The van der Waals surface area contributed by atoms with Crippen molar-refractivity contribution in [3.63, 3.8) is 0 Å². The molecule has 1 aromatic rings. The second-order valence-corrected chi connectivity index (χ2v) is 3.88. The first-order valence-electron chi connectivity index (χ1n) is 5.29. The Morgan fingerprint density at radius 3 is 2.93 bits per heavy atom. The Morgan fingerprint density at radius 1 is 1.47 bits per heavy atom. The third-order valence-corrected chi connectivity index (χ3v) is 2.68. The molecule has 3 heteroatoms. The summed E-state index contributed by atoms with van der Waals surface area (Å²) in [5, 5.41) is 3.20. The average Bonchev–Trinajstić information content (AvgIpc) is 2.71. The summed E-state index contributed by atoms with van der Waals surface area (Å²) >= 11 is 0. The molecule has 1 aromatic carbocycles. The highest BCUT2D eigenvalue weighted by Gasteiger charge is 2.14. The maximum atomic E-state index is 13.5. The summed E-state index contributed by atoms with van der Waals surface area (Å²) in [6.07, 6.45) is 0.793. The molecule has 0 radical (unpaired) electrons. The first-order chi connectivity index (χ1) is 7.27. The summed E-state index contributed by atoms with van der Waals surface area (Å²) in [5.41, 5.74) is 0.772. The smallest absolute Gasteiger partial charge is 0.126 e. The second-order valence-electron chi connectivity index (χ2n) is 3.88. The van der Waals surface area contributed by atoms with Gasteiger partial charge in [0, 0.05) is 13.0 Å². The topological polar surface area (TPSA) is 24.4 Å². The highest BCUT2D eigenvalue weighted by molar-refractivity contribution is 5.84. The number of hydrogen-bond acceptors (Lipinski definition) is 2. The van der Waals surface area contributed by atoms with E-state index in [2.05, 4.69) is 10.3 Å². The Balaban J connectivity index is 2.07. The van der Waals surface area contributed by atoms with Gasteiger partial charge in [0.15, 0.2) is 0 Å². The Kier molecular flexibility index (Phi) is 2.99. The molecule has 2 rings (SSSR count). The van der Waals surface area contributed by atoms with Crippen LogP contribution in [0, 0.1) is 5.82 Å². The zero-order valence-corrected chi connectivity index (χ0v) is 8.83. The SMILES string of the molecule is CC(CC1=NCCN1)c1ccccc1F. The molecule has 0 saturated carbocycles. The number of nitrogens with one attached hydrogen (secondary N) is 1. The number of amidine groups is 1. The van der Waals surface area contributed by atoms with Gasteiger partial charge >= 0.3 is 0 Å². The molecule has 1 aliphatic rings. The highest BCUT2D eigenvalue weighted by atomic mass is 19.1. The molecule has 0 bridgehead atoms. The Morgan fingerprint density at radius 2 is 2.27 bits per heavy atom. The van der Waals surface area contributed by atoms with Gasteiger partial charge in [-0.2, -0.15) is 0 Å². The van der Waals surface area contributed by atoms with E-state index < -0.39 is 0 Å². The van der Waals surface area contributed by atoms with Gasteiger partial charge < -0.3 is 5.32 Å². The summed E-state index contributed by atoms with van der Waals surface area (Å²) in [4.78, 5) is 4.31. The molecule has 0 aliphatic carbocycles. The number of nitrogens with zero attached hydrogens (tertiary/aromatic N) is 1. The zero-order valence-electron chi connectivity index (χ0n) is 8.83. The van der Waals surface area contributed by atoms with Crippen LogP contribution in [0.15, 0.2) is 29.3 Å². The standard InChI is InChI=1S/C12H15FN2/c1-9(8-12-14-6-7-15-12)10-4-2-3-5-11(10)13/h2-5,9H,6-8H2,1H3,(H,14,15). The van der Waals surface area contributed by atoms with E-state index in [1.807, 2.05) is 19.1 Å². The largest absolute Gasteiger partial charge is 0.372 e. The van der Waals surface area contributed by atoms with Gasteiger partial charge in [-0.05, 0) is 17.5 Å². The Bertz CT molecular complexity index is 374. The molecule has 2 nitrogen and oxygen atoms in total. The van der Waals surface area contributed by atoms with Crippen LogP contribution in [0.3, 0.4) is 0 Å². The lowest BCUT2D eigenvalue weighted by Gasteiger charge is -2.12. The van der Waals surface area contributed by atoms with Gasteiger partial charge in [-0.25, -0.2) is 4.39 Å². The predicted molar refractivity (Wildman–Crippen MR) is 59.7 cm³/mol. The van der Waals surface area contributed by atoms with Crippen LogP contribution in [-0.2, 0) is 0 Å². The van der Waals surface area contributed by atoms with Crippen LogP contribution in [0.25, 0.3) is 0 Å². The zero-order chi connectivity index (χ0) is 10.7. The van der Waals surface area contributed by atoms with Crippen LogP contribution in [0.1, 0.15) is 24.8 Å². The fourth-order valence-corrected chi connectivity index (χ4v) is 1.86. The fourth-order valence-electron chi connectivity index (χ4n) is 1.86. The Labute approximate surface area is 89.2 Å². The molecule has 0 spiro atoms. The minimum atomic E-state index is -0.122. The summed E-state index contributed by atoms with van der Waals surface area (Å²) in [7, 11) is 0. The number of benzene rings is 1. The number of halogens is 1. The van der Waals surface area contributed by atoms with Gasteiger partial charge in [0.05, 0.1) is 12.4 Å². The van der Waals surface area contributed by atoms with Crippen molar-refractivity contribution in [1.29, 1.82) is 0 Å². The second kappa shape index (κ2) is 4.43. The maximum absolute atomic E-state index is 13.5. The third-order valence-electron chi connectivity index (χ3n) is 2.68. The lowest BCUT2D eigenvalue weighted by molar-refractivity contribution is 0.592. The van der Waals surface area contributed by atoms with Gasteiger partial charge in [-0.3, -0.25) is 4.99 Å². The molecule has 1 heterocycles. The molecular formula is C12H15FN2. The molecule has 0 saturated heterocycles. The van der Waals surface area contributed by atoms with Crippen LogP contribution >= 0.6 is 0 Å². The minimum Gasteiger partial charge on any atom is -0.372 e. The van der Waals surface area contributed by atoms with Crippen molar-refractivity contribution >= 4 is 5.84 Å². The normalized spacial score (nSPS) is 17.1. The third kappa shape index (κ3) is 2.35. The highest BCUT2D eigenvalue weighted by Crippen LogP contribution is 2.22. The van der Waals surface area contributed by atoms with Gasteiger partial charge in [-0.1, -0.05) is 25.1 Å². The van der Waals surface area contributed by atoms with Gasteiger partial charge in [0.1, 0.15) is 5.82 Å². The first-order valence-corrected chi connectivity index (χ1v) is 5.29. The fraction of sp³-hybridized carbons (Fsp3) is 0.417. The van der Waals surface area contributed by atoms with Crippen molar-refractivity contribution in [3.05, 3.63) is 35.6 Å². The molecule has 1 aliphatic heterocycles. The van der Waals surface area contributed by atoms with E-state index in [-0.39, 0.29) is 11.7 Å². The molecule has 1 atom stereocenters. The molecule has 0 aromatic heterocycles. The van der Waals surface area contributed by atoms with Gasteiger partial charge in [-0.15, -0.1) is 0 Å². The molecule has 0 fully saturated rings. The summed E-state index contributed by atoms with van der Waals surface area (Å²) in [6, 6.07) is 6.95. The quantitative estimate of drug-likeness (QED) is 0.806. The van der Waals surface area contributed by atoms with E-state index in [4.69, 9.17) is 0 Å². The van der Waals surface area contributed by atoms with Crippen molar-refractivity contribution in [3.8, 4) is 0 Å². The molecule has 80 valence electrons. The summed E-state index contributed by atoms with van der Waals surface area (Å²) in [5.74, 6) is 1.06. The molecular weight excluding hydrogens is 191 g/mol. The van der Waals surface area contributed by atoms with E-state index >= 15 is 0 Å². The maximum Gasteiger partial charge on any atom is 0.126 e. The van der Waals surface area contributed by atoms with Crippen LogP contribution in [0.2, 0.25) is 0 Å². The Hall–Kier alpha value is -1.38. The number of rotatable bonds is 3. The lowest BCUT2D eigenvalue weighted by atomic mass is 9.97. The van der Waals surface area contributed by atoms with Crippen LogP contribution < -0.4 is 5.32 Å². The van der Waals surface area contributed by atoms with E-state index in [0.717, 1.165) is 30.9 Å². The molecule has 1 N–H and O–H groups in total. The average molecular weight is 206 g/mol. The van der Waals surface area contributed by atoms with E-state index in [1.54, 1.807) is 6.07 Å². The van der Waals surface area contributed by atoms with Crippen molar-refractivity contribution in [2.24, 2.45) is 4.99 Å². The van der Waals surface area contributed by atoms with Crippen LogP contribution in [0.5, 0.6) is 0 Å². The van der Waals surface area contributed by atoms with Crippen molar-refractivity contribution in [1.82, 2.24) is 5.32 Å². The number of aliphatic imine (C=N–C) groups is 1. The van der Waals surface area contributed by atoms with Gasteiger partial charge in [0.25, 0.3) is 0 Å². The van der Waals surface area contributed by atoms with Crippen molar-refractivity contribution in [2.75, 3.05) is 13.1 Å². The lowest BCUT2D eigenvalue weighted by Crippen LogP contribution is -2.20. The molecule has 15 heavy (non-hydrogen) atoms.